The van der Waals surface area contributed by atoms with Crippen molar-refractivity contribution in [3.8, 4) is 0 Å². The number of aromatic nitrogens is 2. The van der Waals surface area contributed by atoms with Crippen LogP contribution >= 0.6 is 11.8 Å². The Hall–Kier alpha value is -1.74. The van der Waals surface area contributed by atoms with Crippen LogP contribution in [0.5, 0.6) is 0 Å². The molecule has 0 atom stereocenters. The number of rotatable bonds is 4. The van der Waals surface area contributed by atoms with Gasteiger partial charge in [-0.3, -0.25) is 0 Å². The molecule has 2 aromatic carbocycles. The van der Waals surface area contributed by atoms with Crippen molar-refractivity contribution in [1.82, 2.24) is 9.55 Å². The number of aryl methyl sites for hydroxylation is 2. The summed E-state index contributed by atoms with van der Waals surface area (Å²) in [5, 5.41) is 0. The van der Waals surface area contributed by atoms with Crippen molar-refractivity contribution in [3.05, 3.63) is 60.4 Å². The van der Waals surface area contributed by atoms with Gasteiger partial charge in [-0.2, -0.15) is 0 Å². The Labute approximate surface area is 117 Å². The predicted molar refractivity (Wildman–Crippen MR) is 81.6 cm³/mol. The first kappa shape index (κ1) is 12.3. The number of hydrogen-bond acceptors (Lipinski definition) is 2. The van der Waals surface area contributed by atoms with Crippen LogP contribution in [0.3, 0.4) is 0 Å². The first-order valence-electron chi connectivity index (χ1n) is 6.44. The van der Waals surface area contributed by atoms with Crippen molar-refractivity contribution < 1.29 is 0 Å². The van der Waals surface area contributed by atoms with Crippen LogP contribution in [-0.2, 0) is 6.54 Å². The molecule has 0 bridgehead atoms. The molecule has 2 nitrogen and oxygen atoms in total. The van der Waals surface area contributed by atoms with Crippen molar-refractivity contribution >= 4 is 22.8 Å². The van der Waals surface area contributed by atoms with Gasteiger partial charge in [0.05, 0.1) is 11.0 Å². The normalized spacial score (nSPS) is 11.0. The summed E-state index contributed by atoms with van der Waals surface area (Å²) in [7, 11) is 0. The van der Waals surface area contributed by atoms with E-state index in [4.69, 9.17) is 0 Å². The SMILES string of the molecule is Cc1nc2ccccc2n1CCSc1ccccc1. The predicted octanol–water partition coefficient (Wildman–Crippen LogP) is 4.14. The van der Waals surface area contributed by atoms with E-state index in [-0.39, 0.29) is 0 Å². The molecule has 0 saturated heterocycles. The van der Waals surface area contributed by atoms with Crippen LogP contribution in [-0.4, -0.2) is 15.3 Å². The van der Waals surface area contributed by atoms with Crippen LogP contribution in [0.4, 0.5) is 0 Å². The van der Waals surface area contributed by atoms with Crippen LogP contribution in [0.15, 0.2) is 59.5 Å². The maximum atomic E-state index is 4.59. The number of thioether (sulfide) groups is 1. The molecule has 0 N–H and O–H groups in total. The number of nitrogens with zero attached hydrogens (tertiary/aromatic N) is 2. The van der Waals surface area contributed by atoms with Crippen molar-refractivity contribution in [2.45, 2.75) is 18.4 Å². The minimum atomic E-state index is 0.992. The number of hydrogen-bond donors (Lipinski definition) is 0. The van der Waals surface area contributed by atoms with Crippen LogP contribution < -0.4 is 0 Å². The van der Waals surface area contributed by atoms with Crippen molar-refractivity contribution in [1.29, 1.82) is 0 Å². The zero-order valence-electron chi connectivity index (χ0n) is 10.9. The Morgan fingerprint density at radius 1 is 1.00 bits per heavy atom. The topological polar surface area (TPSA) is 17.8 Å². The van der Waals surface area contributed by atoms with Crippen molar-refractivity contribution in [2.75, 3.05) is 5.75 Å². The highest BCUT2D eigenvalue weighted by Crippen LogP contribution is 2.20. The fraction of sp³-hybridized carbons (Fsp3) is 0.188. The molecule has 3 heteroatoms. The van der Waals surface area contributed by atoms with Gasteiger partial charge in [0, 0.05) is 17.2 Å². The van der Waals surface area contributed by atoms with E-state index in [1.54, 1.807) is 0 Å². The molecule has 0 spiro atoms. The van der Waals surface area contributed by atoms with Crippen molar-refractivity contribution in [3.63, 3.8) is 0 Å². The monoisotopic (exact) mass is 268 g/mol. The van der Waals surface area contributed by atoms with Crippen LogP contribution in [0.2, 0.25) is 0 Å². The van der Waals surface area contributed by atoms with E-state index in [0.717, 1.165) is 23.6 Å². The lowest BCUT2D eigenvalue weighted by Gasteiger charge is -2.06. The van der Waals surface area contributed by atoms with Gasteiger partial charge in [0.1, 0.15) is 5.82 Å². The fourth-order valence-corrected chi connectivity index (χ4v) is 3.11. The Morgan fingerprint density at radius 2 is 1.74 bits per heavy atom. The molecule has 0 amide bonds. The minimum absolute atomic E-state index is 0.992. The van der Waals surface area contributed by atoms with E-state index in [1.807, 2.05) is 17.8 Å². The molecule has 96 valence electrons. The summed E-state index contributed by atoms with van der Waals surface area (Å²) in [4.78, 5) is 5.92. The van der Waals surface area contributed by atoms with E-state index >= 15 is 0 Å². The quantitative estimate of drug-likeness (QED) is 0.662. The highest BCUT2D eigenvalue weighted by atomic mass is 32.2. The zero-order valence-corrected chi connectivity index (χ0v) is 11.7. The van der Waals surface area contributed by atoms with Crippen LogP contribution in [0.25, 0.3) is 11.0 Å². The highest BCUT2D eigenvalue weighted by molar-refractivity contribution is 7.99. The minimum Gasteiger partial charge on any atom is -0.327 e. The molecule has 3 aromatic rings. The third-order valence-electron chi connectivity index (χ3n) is 3.17. The molecule has 0 aliphatic carbocycles. The van der Waals surface area contributed by atoms with Gasteiger partial charge in [-0.25, -0.2) is 4.98 Å². The highest BCUT2D eigenvalue weighted by Gasteiger charge is 2.05. The summed E-state index contributed by atoms with van der Waals surface area (Å²) in [5.41, 5.74) is 2.32. The Morgan fingerprint density at radius 3 is 2.58 bits per heavy atom. The van der Waals surface area contributed by atoms with Gasteiger partial charge in [0.2, 0.25) is 0 Å². The second-order valence-corrected chi connectivity index (χ2v) is 5.63. The summed E-state index contributed by atoms with van der Waals surface area (Å²) in [6.07, 6.45) is 0. The first-order valence-corrected chi connectivity index (χ1v) is 7.43. The van der Waals surface area contributed by atoms with Gasteiger partial charge >= 0.3 is 0 Å². The standard InChI is InChI=1S/C16H16N2S/c1-13-17-15-9-5-6-10-16(15)18(13)11-12-19-14-7-3-2-4-8-14/h2-10H,11-12H2,1H3. The van der Waals surface area contributed by atoms with E-state index in [9.17, 15) is 0 Å². The molecular weight excluding hydrogens is 252 g/mol. The van der Waals surface area contributed by atoms with Gasteiger partial charge < -0.3 is 4.57 Å². The first-order chi connectivity index (χ1) is 9.34. The molecule has 0 saturated carbocycles. The molecule has 0 fully saturated rings. The molecule has 0 unspecified atom stereocenters. The summed E-state index contributed by atoms with van der Waals surface area (Å²) in [5.74, 6) is 2.15. The van der Waals surface area contributed by atoms with Crippen LogP contribution in [0.1, 0.15) is 5.82 Å². The third kappa shape index (κ3) is 2.66. The number of para-hydroxylation sites is 2. The lowest BCUT2D eigenvalue weighted by atomic mass is 10.3. The Balaban J connectivity index is 1.73. The lowest BCUT2D eigenvalue weighted by molar-refractivity contribution is 0.761. The van der Waals surface area contributed by atoms with Gasteiger partial charge in [-0.1, -0.05) is 30.3 Å². The molecule has 3 rings (SSSR count). The number of fused-ring (bicyclic) bond motifs is 1. The van der Waals surface area contributed by atoms with E-state index in [0.29, 0.717) is 0 Å². The van der Waals surface area contributed by atoms with Gasteiger partial charge in [0.15, 0.2) is 0 Å². The zero-order chi connectivity index (χ0) is 13.1. The van der Waals surface area contributed by atoms with E-state index in [1.165, 1.54) is 10.4 Å². The molecule has 0 radical (unpaired) electrons. The third-order valence-corrected chi connectivity index (χ3v) is 4.16. The number of imidazole rings is 1. The summed E-state index contributed by atoms with van der Waals surface area (Å²) in [6, 6.07) is 18.9. The average Bonchev–Trinajstić information content (AvgIpc) is 2.76. The summed E-state index contributed by atoms with van der Waals surface area (Å²) in [6.45, 7) is 3.07. The fourth-order valence-electron chi connectivity index (χ4n) is 2.25. The maximum absolute atomic E-state index is 4.59. The van der Waals surface area contributed by atoms with Crippen molar-refractivity contribution in [2.24, 2.45) is 0 Å². The Kier molecular flexibility index (Phi) is 3.56. The van der Waals surface area contributed by atoms with Gasteiger partial charge in [-0.15, -0.1) is 11.8 Å². The van der Waals surface area contributed by atoms with E-state index in [2.05, 4.69) is 65.0 Å². The second-order valence-electron chi connectivity index (χ2n) is 4.46. The molecule has 0 aliphatic rings. The molecule has 19 heavy (non-hydrogen) atoms. The second kappa shape index (κ2) is 5.49. The Bertz CT molecular complexity index is 674. The number of benzene rings is 2. The van der Waals surface area contributed by atoms with Gasteiger partial charge in [-0.05, 0) is 31.2 Å². The smallest absolute Gasteiger partial charge is 0.106 e. The molecule has 1 aromatic heterocycles. The lowest BCUT2D eigenvalue weighted by Crippen LogP contribution is -2.02. The van der Waals surface area contributed by atoms with E-state index < -0.39 is 0 Å². The summed E-state index contributed by atoms with van der Waals surface area (Å²) < 4.78 is 2.30. The molecule has 0 aliphatic heterocycles. The molecular formula is C16H16N2S. The maximum Gasteiger partial charge on any atom is 0.106 e. The van der Waals surface area contributed by atoms with Crippen LogP contribution in [0, 0.1) is 6.92 Å². The largest absolute Gasteiger partial charge is 0.327 e. The average molecular weight is 268 g/mol. The van der Waals surface area contributed by atoms with Gasteiger partial charge in [0.25, 0.3) is 0 Å². The summed E-state index contributed by atoms with van der Waals surface area (Å²) >= 11 is 1.89. The molecule has 1 heterocycles.